The Labute approximate surface area is 101 Å². The Morgan fingerprint density at radius 1 is 1.47 bits per heavy atom. The van der Waals surface area contributed by atoms with Crippen LogP contribution in [0.4, 0.5) is 5.69 Å². The zero-order valence-electron chi connectivity index (χ0n) is 10.3. The zero-order chi connectivity index (χ0) is 12.8. The highest BCUT2D eigenvalue weighted by molar-refractivity contribution is 5.93. The molecule has 0 aliphatic heterocycles. The lowest BCUT2D eigenvalue weighted by molar-refractivity contribution is 0.100. The summed E-state index contributed by atoms with van der Waals surface area (Å²) in [5, 5.41) is 0. The second-order valence-corrected chi connectivity index (χ2v) is 4.01. The summed E-state index contributed by atoms with van der Waals surface area (Å²) in [5.74, 6) is -0.462. The molecule has 0 radical (unpaired) electrons. The zero-order valence-corrected chi connectivity index (χ0v) is 10.3. The normalized spacial score (nSPS) is 10.8. The van der Waals surface area contributed by atoms with Crippen LogP contribution < -0.4 is 11.5 Å². The molecule has 0 heterocycles. The monoisotopic (exact) mass is 237 g/mol. The predicted molar refractivity (Wildman–Crippen MR) is 67.6 cm³/mol. The number of hydrogen-bond acceptors (Lipinski definition) is 4. The van der Waals surface area contributed by atoms with E-state index < -0.39 is 5.91 Å². The molecule has 0 bridgehead atoms. The number of likely N-dealkylation sites (N-methyl/N-ethyl adjacent to an activating group) is 1. The summed E-state index contributed by atoms with van der Waals surface area (Å²) in [6.07, 6.45) is 0. The van der Waals surface area contributed by atoms with Crippen molar-refractivity contribution in [2.75, 3.05) is 33.0 Å². The molecule has 5 nitrogen and oxygen atoms in total. The van der Waals surface area contributed by atoms with Crippen molar-refractivity contribution < 1.29 is 9.53 Å². The van der Waals surface area contributed by atoms with Crippen molar-refractivity contribution in [3.63, 3.8) is 0 Å². The number of ether oxygens (including phenoxy) is 1. The van der Waals surface area contributed by atoms with Crippen LogP contribution in [0.5, 0.6) is 0 Å². The van der Waals surface area contributed by atoms with E-state index in [1.165, 1.54) is 0 Å². The third kappa shape index (κ3) is 4.05. The highest BCUT2D eigenvalue weighted by Crippen LogP contribution is 2.15. The van der Waals surface area contributed by atoms with Gasteiger partial charge >= 0.3 is 0 Å². The van der Waals surface area contributed by atoms with Gasteiger partial charge < -0.3 is 16.2 Å². The maximum Gasteiger partial charge on any atom is 0.248 e. The number of rotatable bonds is 6. The van der Waals surface area contributed by atoms with E-state index >= 15 is 0 Å². The average Bonchev–Trinajstić information content (AvgIpc) is 2.28. The van der Waals surface area contributed by atoms with E-state index in [4.69, 9.17) is 16.2 Å². The summed E-state index contributed by atoms with van der Waals surface area (Å²) in [6, 6.07) is 5.14. The van der Waals surface area contributed by atoms with E-state index in [0.29, 0.717) is 24.4 Å². The summed E-state index contributed by atoms with van der Waals surface area (Å²) in [7, 11) is 3.66. The Morgan fingerprint density at radius 2 is 2.18 bits per heavy atom. The third-order valence-corrected chi connectivity index (χ3v) is 2.55. The minimum atomic E-state index is -0.462. The maximum absolute atomic E-state index is 11.0. The molecule has 1 aromatic carbocycles. The molecule has 0 unspecified atom stereocenters. The molecule has 4 N–H and O–H groups in total. The van der Waals surface area contributed by atoms with Crippen LogP contribution in [0.3, 0.4) is 0 Å². The summed E-state index contributed by atoms with van der Waals surface area (Å²) < 4.78 is 5.00. The number of benzene rings is 1. The Morgan fingerprint density at radius 3 is 2.71 bits per heavy atom. The molecular weight excluding hydrogens is 218 g/mol. The molecule has 94 valence electrons. The topological polar surface area (TPSA) is 81.6 Å². The molecular formula is C12H19N3O2. The molecule has 0 aromatic heterocycles. The molecule has 0 fully saturated rings. The predicted octanol–water partition coefficient (Wildman–Crippen LogP) is 0.446. The SMILES string of the molecule is COCCN(C)Cc1ccc(C(N)=O)cc1N. The second-order valence-electron chi connectivity index (χ2n) is 4.01. The van der Waals surface area contributed by atoms with Crippen LogP contribution >= 0.6 is 0 Å². The first-order chi connectivity index (χ1) is 8.04. The maximum atomic E-state index is 11.0. The molecule has 0 saturated carbocycles. The van der Waals surface area contributed by atoms with Crippen molar-refractivity contribution in [1.82, 2.24) is 4.90 Å². The smallest absolute Gasteiger partial charge is 0.248 e. The number of carbonyl (C=O) groups is 1. The Kier molecular flexibility index (Phi) is 4.93. The van der Waals surface area contributed by atoms with Gasteiger partial charge in [-0.2, -0.15) is 0 Å². The van der Waals surface area contributed by atoms with Gasteiger partial charge in [0.15, 0.2) is 0 Å². The van der Waals surface area contributed by atoms with Crippen LogP contribution in [0.1, 0.15) is 15.9 Å². The Bertz CT molecular complexity index is 393. The number of methoxy groups -OCH3 is 1. The average molecular weight is 237 g/mol. The first-order valence-corrected chi connectivity index (χ1v) is 5.40. The van der Waals surface area contributed by atoms with E-state index in [9.17, 15) is 4.79 Å². The van der Waals surface area contributed by atoms with Crippen molar-refractivity contribution in [3.8, 4) is 0 Å². The van der Waals surface area contributed by atoms with Crippen molar-refractivity contribution in [3.05, 3.63) is 29.3 Å². The third-order valence-electron chi connectivity index (χ3n) is 2.55. The summed E-state index contributed by atoms with van der Waals surface area (Å²) in [4.78, 5) is 13.1. The lowest BCUT2D eigenvalue weighted by Gasteiger charge is -2.17. The highest BCUT2D eigenvalue weighted by Gasteiger charge is 2.07. The van der Waals surface area contributed by atoms with Crippen LogP contribution in [-0.4, -0.2) is 38.1 Å². The fraction of sp³-hybridized carbons (Fsp3) is 0.417. The van der Waals surface area contributed by atoms with Gasteiger partial charge in [0.05, 0.1) is 6.61 Å². The first kappa shape index (κ1) is 13.5. The minimum Gasteiger partial charge on any atom is -0.398 e. The number of nitrogen functional groups attached to an aromatic ring is 1. The molecule has 0 aliphatic carbocycles. The minimum absolute atomic E-state index is 0.436. The van der Waals surface area contributed by atoms with Gasteiger partial charge in [0.1, 0.15) is 0 Å². The molecule has 1 aromatic rings. The Balaban J connectivity index is 2.69. The van der Waals surface area contributed by atoms with Crippen LogP contribution in [0.15, 0.2) is 18.2 Å². The number of carbonyl (C=O) groups excluding carboxylic acids is 1. The first-order valence-electron chi connectivity index (χ1n) is 5.40. The lowest BCUT2D eigenvalue weighted by atomic mass is 10.1. The number of anilines is 1. The van der Waals surface area contributed by atoms with Gasteiger partial charge in [-0.3, -0.25) is 9.69 Å². The standard InChI is InChI=1S/C12H19N3O2/c1-15(5-6-17-2)8-10-4-3-9(12(14)16)7-11(10)13/h3-4,7H,5-6,8,13H2,1-2H3,(H2,14,16). The fourth-order valence-corrected chi connectivity index (χ4v) is 1.51. The van der Waals surface area contributed by atoms with E-state index in [2.05, 4.69) is 4.90 Å². The molecule has 5 heteroatoms. The molecule has 0 aliphatic rings. The van der Waals surface area contributed by atoms with E-state index in [-0.39, 0.29) is 0 Å². The van der Waals surface area contributed by atoms with Crippen LogP contribution in [0.25, 0.3) is 0 Å². The van der Waals surface area contributed by atoms with Crippen LogP contribution in [0.2, 0.25) is 0 Å². The van der Waals surface area contributed by atoms with Crippen LogP contribution in [0, 0.1) is 0 Å². The number of primary amides is 1. The van der Waals surface area contributed by atoms with Gasteiger partial charge in [-0.05, 0) is 24.7 Å². The Hall–Kier alpha value is -1.59. The molecule has 0 spiro atoms. The quantitative estimate of drug-likeness (QED) is 0.704. The van der Waals surface area contributed by atoms with Gasteiger partial charge in [0, 0.05) is 31.5 Å². The van der Waals surface area contributed by atoms with Crippen LogP contribution in [-0.2, 0) is 11.3 Å². The largest absolute Gasteiger partial charge is 0.398 e. The number of nitrogens with two attached hydrogens (primary N) is 2. The van der Waals surface area contributed by atoms with Crippen molar-refractivity contribution in [2.45, 2.75) is 6.54 Å². The van der Waals surface area contributed by atoms with Gasteiger partial charge in [-0.25, -0.2) is 0 Å². The lowest BCUT2D eigenvalue weighted by Crippen LogP contribution is -2.23. The van der Waals surface area contributed by atoms with Gasteiger partial charge in [0.2, 0.25) is 5.91 Å². The van der Waals surface area contributed by atoms with E-state index in [1.807, 2.05) is 13.1 Å². The molecule has 0 saturated heterocycles. The second kappa shape index (κ2) is 6.22. The van der Waals surface area contributed by atoms with Gasteiger partial charge in [-0.15, -0.1) is 0 Å². The van der Waals surface area contributed by atoms with Crippen molar-refractivity contribution >= 4 is 11.6 Å². The summed E-state index contributed by atoms with van der Waals surface area (Å²) in [5.41, 5.74) is 13.1. The fourth-order valence-electron chi connectivity index (χ4n) is 1.51. The van der Waals surface area contributed by atoms with E-state index in [1.54, 1.807) is 19.2 Å². The molecule has 1 amide bonds. The summed E-state index contributed by atoms with van der Waals surface area (Å²) in [6.45, 7) is 2.22. The summed E-state index contributed by atoms with van der Waals surface area (Å²) >= 11 is 0. The molecule has 1 rings (SSSR count). The number of nitrogens with zero attached hydrogens (tertiary/aromatic N) is 1. The van der Waals surface area contributed by atoms with Gasteiger partial charge in [-0.1, -0.05) is 6.07 Å². The highest BCUT2D eigenvalue weighted by atomic mass is 16.5. The number of hydrogen-bond donors (Lipinski definition) is 2. The molecule has 0 atom stereocenters. The van der Waals surface area contributed by atoms with Crippen molar-refractivity contribution in [2.24, 2.45) is 5.73 Å². The number of amides is 1. The molecule has 17 heavy (non-hydrogen) atoms. The van der Waals surface area contributed by atoms with Gasteiger partial charge in [0.25, 0.3) is 0 Å². The van der Waals surface area contributed by atoms with Crippen molar-refractivity contribution in [1.29, 1.82) is 0 Å². The van der Waals surface area contributed by atoms with E-state index in [0.717, 1.165) is 12.1 Å².